The Labute approximate surface area is 93.5 Å². The zero-order chi connectivity index (χ0) is 11.9. The second kappa shape index (κ2) is 3.81. The first-order chi connectivity index (χ1) is 7.52. The fourth-order valence-electron chi connectivity index (χ4n) is 2.11. The van der Waals surface area contributed by atoms with Gasteiger partial charge in [-0.15, -0.1) is 0 Å². The van der Waals surface area contributed by atoms with E-state index in [9.17, 15) is 14.0 Å². The molecule has 2 rings (SSSR count). The van der Waals surface area contributed by atoms with Gasteiger partial charge in [0.2, 0.25) is 0 Å². The summed E-state index contributed by atoms with van der Waals surface area (Å²) >= 11 is 0. The summed E-state index contributed by atoms with van der Waals surface area (Å²) in [5.74, 6) is -1.57. The van der Waals surface area contributed by atoms with Crippen LogP contribution in [0.25, 0.3) is 0 Å². The molecule has 16 heavy (non-hydrogen) atoms. The van der Waals surface area contributed by atoms with Gasteiger partial charge in [-0.2, -0.15) is 0 Å². The fraction of sp³-hybridized carbons (Fsp3) is 0.385. The Kier molecular flexibility index (Phi) is 2.62. The van der Waals surface area contributed by atoms with E-state index in [1.165, 1.54) is 12.1 Å². The molecule has 0 aromatic heterocycles. The van der Waals surface area contributed by atoms with Gasteiger partial charge >= 0.3 is 0 Å². The molecule has 0 N–H and O–H groups in total. The number of carbonyl (C=O) groups excluding carboxylic acids is 2. The Morgan fingerprint density at radius 1 is 1.44 bits per heavy atom. The van der Waals surface area contributed by atoms with Gasteiger partial charge in [0.25, 0.3) is 0 Å². The molecule has 0 fully saturated rings. The van der Waals surface area contributed by atoms with E-state index in [1.54, 1.807) is 19.9 Å². The molecule has 1 atom stereocenters. The summed E-state index contributed by atoms with van der Waals surface area (Å²) in [4.78, 5) is 23.7. The smallest absolute Gasteiger partial charge is 0.174 e. The highest BCUT2D eigenvalue weighted by atomic mass is 19.1. The lowest BCUT2D eigenvalue weighted by molar-refractivity contribution is -0.124. The largest absolute Gasteiger partial charge is 0.299 e. The average molecular weight is 220 g/mol. The van der Waals surface area contributed by atoms with Gasteiger partial charge in [-0.3, -0.25) is 9.59 Å². The third-order valence-corrected chi connectivity index (χ3v) is 3.02. The standard InChI is InChI=1S/C13H13FO2/c1-7(2)12(15)10-6-9-8(13(10)16)4-3-5-11(9)14/h3-5,7,10H,6H2,1-2H3. The number of hydrogen-bond donors (Lipinski definition) is 0. The third kappa shape index (κ3) is 1.56. The van der Waals surface area contributed by atoms with Gasteiger partial charge < -0.3 is 0 Å². The molecule has 84 valence electrons. The number of carbonyl (C=O) groups is 2. The molecule has 0 spiro atoms. The van der Waals surface area contributed by atoms with Crippen LogP contribution in [0, 0.1) is 17.7 Å². The Bertz CT molecular complexity index is 463. The molecule has 1 aromatic carbocycles. The van der Waals surface area contributed by atoms with Crippen molar-refractivity contribution in [3.8, 4) is 0 Å². The Morgan fingerprint density at radius 2 is 2.12 bits per heavy atom. The molecule has 0 heterocycles. The van der Waals surface area contributed by atoms with Crippen molar-refractivity contribution in [1.29, 1.82) is 0 Å². The highest BCUT2D eigenvalue weighted by Gasteiger charge is 2.37. The van der Waals surface area contributed by atoms with Crippen molar-refractivity contribution in [2.24, 2.45) is 11.8 Å². The van der Waals surface area contributed by atoms with Gasteiger partial charge in [-0.05, 0) is 18.1 Å². The average Bonchev–Trinajstić information content (AvgIpc) is 2.57. The van der Waals surface area contributed by atoms with Crippen LogP contribution < -0.4 is 0 Å². The van der Waals surface area contributed by atoms with Gasteiger partial charge in [-0.1, -0.05) is 26.0 Å². The van der Waals surface area contributed by atoms with Crippen molar-refractivity contribution < 1.29 is 14.0 Å². The highest BCUT2D eigenvalue weighted by molar-refractivity contribution is 6.14. The molecule has 1 aliphatic carbocycles. The zero-order valence-electron chi connectivity index (χ0n) is 9.29. The number of hydrogen-bond acceptors (Lipinski definition) is 2. The van der Waals surface area contributed by atoms with Crippen molar-refractivity contribution >= 4 is 11.6 Å². The fourth-order valence-corrected chi connectivity index (χ4v) is 2.11. The van der Waals surface area contributed by atoms with Crippen molar-refractivity contribution in [2.45, 2.75) is 20.3 Å². The quantitative estimate of drug-likeness (QED) is 0.717. The molecule has 0 radical (unpaired) electrons. The van der Waals surface area contributed by atoms with E-state index in [1.807, 2.05) is 0 Å². The number of fused-ring (bicyclic) bond motifs is 1. The van der Waals surface area contributed by atoms with Gasteiger partial charge in [0, 0.05) is 11.5 Å². The van der Waals surface area contributed by atoms with E-state index in [4.69, 9.17) is 0 Å². The highest BCUT2D eigenvalue weighted by Crippen LogP contribution is 2.30. The maximum absolute atomic E-state index is 13.4. The van der Waals surface area contributed by atoms with E-state index >= 15 is 0 Å². The van der Waals surface area contributed by atoms with E-state index in [2.05, 4.69) is 0 Å². The molecular weight excluding hydrogens is 207 g/mol. The van der Waals surface area contributed by atoms with Gasteiger partial charge in [0.1, 0.15) is 11.6 Å². The van der Waals surface area contributed by atoms with Crippen LogP contribution in [0.2, 0.25) is 0 Å². The first kappa shape index (κ1) is 11.0. The number of halogens is 1. The molecule has 1 unspecified atom stereocenters. The van der Waals surface area contributed by atoms with Crippen LogP contribution in [0.5, 0.6) is 0 Å². The van der Waals surface area contributed by atoms with Crippen LogP contribution in [-0.2, 0) is 11.2 Å². The molecule has 2 nitrogen and oxygen atoms in total. The number of Topliss-reactive ketones (excluding diaryl/α,β-unsaturated/α-hetero) is 2. The molecule has 0 bridgehead atoms. The summed E-state index contributed by atoms with van der Waals surface area (Å²) in [6.45, 7) is 3.52. The van der Waals surface area contributed by atoms with Crippen molar-refractivity contribution in [2.75, 3.05) is 0 Å². The maximum atomic E-state index is 13.4. The summed E-state index contributed by atoms with van der Waals surface area (Å²) in [5, 5.41) is 0. The lowest BCUT2D eigenvalue weighted by atomic mass is 9.92. The van der Waals surface area contributed by atoms with Gasteiger partial charge in [-0.25, -0.2) is 4.39 Å². The van der Waals surface area contributed by atoms with Crippen LogP contribution in [0.15, 0.2) is 18.2 Å². The second-order valence-electron chi connectivity index (χ2n) is 4.44. The predicted octanol–water partition coefficient (Wildman–Crippen LogP) is 2.41. The van der Waals surface area contributed by atoms with Crippen LogP contribution in [0.4, 0.5) is 4.39 Å². The van der Waals surface area contributed by atoms with Gasteiger partial charge in [0.05, 0.1) is 5.92 Å². The molecule has 0 amide bonds. The van der Waals surface area contributed by atoms with Crippen molar-refractivity contribution in [3.63, 3.8) is 0 Å². The molecule has 1 aromatic rings. The van der Waals surface area contributed by atoms with Gasteiger partial charge in [0.15, 0.2) is 5.78 Å². The Hall–Kier alpha value is -1.51. The molecule has 3 heteroatoms. The van der Waals surface area contributed by atoms with E-state index in [-0.39, 0.29) is 29.7 Å². The minimum atomic E-state index is -0.674. The lowest BCUT2D eigenvalue weighted by Crippen LogP contribution is -2.24. The normalized spacial score (nSPS) is 19.0. The summed E-state index contributed by atoms with van der Waals surface area (Å²) in [6, 6.07) is 4.43. The third-order valence-electron chi connectivity index (χ3n) is 3.02. The molecule has 0 saturated carbocycles. The number of rotatable bonds is 2. The number of ketones is 2. The van der Waals surface area contributed by atoms with E-state index in [0.29, 0.717) is 11.1 Å². The van der Waals surface area contributed by atoms with E-state index < -0.39 is 5.92 Å². The van der Waals surface area contributed by atoms with Crippen LogP contribution in [-0.4, -0.2) is 11.6 Å². The Balaban J connectivity index is 2.38. The van der Waals surface area contributed by atoms with Crippen LogP contribution >= 0.6 is 0 Å². The molecule has 0 aliphatic heterocycles. The second-order valence-corrected chi connectivity index (χ2v) is 4.44. The minimum absolute atomic E-state index is 0.0967. The van der Waals surface area contributed by atoms with Crippen molar-refractivity contribution in [1.82, 2.24) is 0 Å². The zero-order valence-corrected chi connectivity index (χ0v) is 9.29. The van der Waals surface area contributed by atoms with Crippen LogP contribution in [0.3, 0.4) is 0 Å². The number of benzene rings is 1. The first-order valence-electron chi connectivity index (χ1n) is 5.37. The monoisotopic (exact) mass is 220 g/mol. The van der Waals surface area contributed by atoms with E-state index in [0.717, 1.165) is 0 Å². The van der Waals surface area contributed by atoms with Crippen molar-refractivity contribution in [3.05, 3.63) is 35.1 Å². The first-order valence-corrected chi connectivity index (χ1v) is 5.37. The maximum Gasteiger partial charge on any atom is 0.174 e. The summed E-state index contributed by atoms with van der Waals surface area (Å²) in [5.41, 5.74) is 0.769. The molecule has 1 aliphatic rings. The summed E-state index contributed by atoms with van der Waals surface area (Å²) in [7, 11) is 0. The van der Waals surface area contributed by atoms with Crippen LogP contribution in [0.1, 0.15) is 29.8 Å². The lowest BCUT2D eigenvalue weighted by Gasteiger charge is -2.09. The molecular formula is C13H13FO2. The summed E-state index contributed by atoms with van der Waals surface area (Å²) < 4.78 is 13.4. The summed E-state index contributed by atoms with van der Waals surface area (Å²) in [6.07, 6.45) is 0.220. The SMILES string of the molecule is CC(C)C(=O)C1Cc2c(F)cccc2C1=O. The Morgan fingerprint density at radius 3 is 2.69 bits per heavy atom. The molecule has 0 saturated heterocycles. The predicted molar refractivity (Wildman–Crippen MR) is 57.8 cm³/mol. The topological polar surface area (TPSA) is 34.1 Å². The minimum Gasteiger partial charge on any atom is -0.299 e.